The maximum Gasteiger partial charge on any atom is 0.407 e. The fourth-order valence-corrected chi connectivity index (χ4v) is 3.09. The molecule has 2 N–H and O–H groups in total. The van der Waals surface area contributed by atoms with Crippen molar-refractivity contribution in [3.8, 4) is 17.0 Å². The van der Waals surface area contributed by atoms with Gasteiger partial charge in [0.15, 0.2) is 0 Å². The maximum absolute atomic E-state index is 12.5. The molecule has 2 amide bonds. The zero-order valence-electron chi connectivity index (χ0n) is 15.1. The van der Waals surface area contributed by atoms with Gasteiger partial charge >= 0.3 is 6.09 Å². The molecule has 8 heteroatoms. The Hall–Kier alpha value is -3.16. The topological polar surface area (TPSA) is 105 Å². The van der Waals surface area contributed by atoms with Crippen molar-refractivity contribution in [2.75, 3.05) is 25.0 Å². The number of nitrogens with one attached hydrogen (secondary N) is 1. The van der Waals surface area contributed by atoms with Crippen molar-refractivity contribution in [2.45, 2.75) is 19.8 Å². The monoisotopic (exact) mass is 370 g/mol. The molecule has 27 heavy (non-hydrogen) atoms. The Kier molecular flexibility index (Phi) is 5.85. The predicted molar refractivity (Wildman–Crippen MR) is 99.6 cm³/mol. The Morgan fingerprint density at radius 1 is 1.26 bits per heavy atom. The summed E-state index contributed by atoms with van der Waals surface area (Å²) in [4.78, 5) is 33.2. The highest BCUT2D eigenvalue weighted by Gasteiger charge is 2.27. The predicted octanol–water partition coefficient (Wildman–Crippen LogP) is 2.87. The van der Waals surface area contributed by atoms with E-state index >= 15 is 0 Å². The number of benzene rings is 1. The molecule has 2 heterocycles. The Balaban J connectivity index is 1.70. The number of hydrogen-bond acceptors (Lipinski definition) is 5. The smallest absolute Gasteiger partial charge is 0.407 e. The van der Waals surface area contributed by atoms with Crippen molar-refractivity contribution in [2.24, 2.45) is 5.92 Å². The van der Waals surface area contributed by atoms with E-state index in [2.05, 4.69) is 15.3 Å². The SMILES string of the molecule is CCOc1ccccc1-c1cc(NC(=O)C2CCN(C(=O)O)CC2)ncn1. The molecule has 2 aromatic rings. The van der Waals surface area contributed by atoms with Gasteiger partial charge in [-0.1, -0.05) is 12.1 Å². The number of aromatic nitrogens is 2. The molecule has 0 radical (unpaired) electrons. The number of nitrogens with zero attached hydrogens (tertiary/aromatic N) is 3. The van der Waals surface area contributed by atoms with Gasteiger partial charge in [0.25, 0.3) is 0 Å². The number of likely N-dealkylation sites (tertiary alicyclic amines) is 1. The van der Waals surface area contributed by atoms with Crippen LogP contribution in [0.25, 0.3) is 11.3 Å². The molecule has 1 fully saturated rings. The normalized spacial score (nSPS) is 14.6. The second-order valence-corrected chi connectivity index (χ2v) is 6.25. The van der Waals surface area contributed by atoms with Crippen molar-refractivity contribution in [3.05, 3.63) is 36.7 Å². The van der Waals surface area contributed by atoms with Gasteiger partial charge in [-0.25, -0.2) is 14.8 Å². The third-order valence-corrected chi connectivity index (χ3v) is 4.52. The van der Waals surface area contributed by atoms with Crippen LogP contribution < -0.4 is 10.1 Å². The van der Waals surface area contributed by atoms with Crippen molar-refractivity contribution in [1.29, 1.82) is 0 Å². The van der Waals surface area contributed by atoms with E-state index < -0.39 is 6.09 Å². The highest BCUT2D eigenvalue weighted by molar-refractivity contribution is 5.92. The minimum Gasteiger partial charge on any atom is -0.493 e. The molecule has 0 spiro atoms. The summed E-state index contributed by atoms with van der Waals surface area (Å²) in [6.07, 6.45) is 1.47. The number of ether oxygens (including phenoxy) is 1. The maximum atomic E-state index is 12.5. The summed E-state index contributed by atoms with van der Waals surface area (Å²) in [6, 6.07) is 9.27. The molecule has 0 unspecified atom stereocenters. The Morgan fingerprint density at radius 3 is 2.70 bits per heavy atom. The largest absolute Gasteiger partial charge is 0.493 e. The van der Waals surface area contributed by atoms with Gasteiger partial charge < -0.3 is 20.1 Å². The van der Waals surface area contributed by atoms with Gasteiger partial charge in [-0.3, -0.25) is 4.79 Å². The average molecular weight is 370 g/mol. The Labute approximate surface area is 157 Å². The lowest BCUT2D eigenvalue weighted by molar-refractivity contribution is -0.121. The summed E-state index contributed by atoms with van der Waals surface area (Å²) in [7, 11) is 0. The third-order valence-electron chi connectivity index (χ3n) is 4.52. The first-order valence-corrected chi connectivity index (χ1v) is 8.91. The van der Waals surface area contributed by atoms with Crippen LogP contribution in [0.3, 0.4) is 0 Å². The number of carboxylic acid groups (broad SMARTS) is 1. The fraction of sp³-hybridized carbons (Fsp3) is 0.368. The van der Waals surface area contributed by atoms with Gasteiger partial charge in [-0.05, 0) is 31.9 Å². The van der Waals surface area contributed by atoms with Gasteiger partial charge in [0.05, 0.1) is 12.3 Å². The fourth-order valence-electron chi connectivity index (χ4n) is 3.09. The average Bonchev–Trinajstić information content (AvgIpc) is 2.69. The van der Waals surface area contributed by atoms with Gasteiger partial charge in [0.2, 0.25) is 5.91 Å². The molecule has 1 aliphatic rings. The van der Waals surface area contributed by atoms with E-state index in [1.807, 2.05) is 31.2 Å². The van der Waals surface area contributed by atoms with Crippen LogP contribution in [0.1, 0.15) is 19.8 Å². The van der Waals surface area contributed by atoms with Crippen LogP contribution in [0.2, 0.25) is 0 Å². The summed E-state index contributed by atoms with van der Waals surface area (Å²) < 4.78 is 5.64. The Bertz CT molecular complexity index is 819. The molecular formula is C19H22N4O4. The lowest BCUT2D eigenvalue weighted by Gasteiger charge is -2.29. The number of amides is 2. The molecule has 1 aromatic carbocycles. The molecule has 3 rings (SSSR count). The lowest BCUT2D eigenvalue weighted by atomic mass is 9.96. The van der Waals surface area contributed by atoms with Crippen molar-refractivity contribution < 1.29 is 19.4 Å². The number of rotatable bonds is 5. The van der Waals surface area contributed by atoms with E-state index in [1.165, 1.54) is 11.2 Å². The highest BCUT2D eigenvalue weighted by atomic mass is 16.5. The molecule has 8 nitrogen and oxygen atoms in total. The van der Waals surface area contributed by atoms with E-state index in [9.17, 15) is 9.59 Å². The number of carbonyl (C=O) groups excluding carboxylic acids is 1. The molecule has 142 valence electrons. The van der Waals surface area contributed by atoms with Gasteiger partial charge in [-0.2, -0.15) is 0 Å². The van der Waals surface area contributed by atoms with Crippen LogP contribution in [-0.4, -0.2) is 51.7 Å². The van der Waals surface area contributed by atoms with E-state index in [0.717, 1.165) is 11.3 Å². The van der Waals surface area contributed by atoms with Crippen molar-refractivity contribution in [1.82, 2.24) is 14.9 Å². The minimum absolute atomic E-state index is 0.150. The third kappa shape index (κ3) is 4.52. The zero-order valence-corrected chi connectivity index (χ0v) is 15.1. The van der Waals surface area contributed by atoms with Gasteiger partial charge in [0, 0.05) is 30.6 Å². The van der Waals surface area contributed by atoms with Crippen LogP contribution in [0.5, 0.6) is 5.75 Å². The number of hydrogen-bond donors (Lipinski definition) is 2. The second-order valence-electron chi connectivity index (χ2n) is 6.25. The van der Waals surface area contributed by atoms with E-state index in [0.29, 0.717) is 44.0 Å². The molecule has 0 atom stereocenters. The molecule has 0 bridgehead atoms. The number of piperidine rings is 1. The summed E-state index contributed by atoms with van der Waals surface area (Å²) >= 11 is 0. The second kappa shape index (κ2) is 8.48. The number of anilines is 1. The van der Waals surface area contributed by atoms with Crippen molar-refractivity contribution in [3.63, 3.8) is 0 Å². The summed E-state index contributed by atoms with van der Waals surface area (Å²) in [5.41, 5.74) is 1.48. The Morgan fingerprint density at radius 2 is 2.00 bits per heavy atom. The van der Waals surface area contributed by atoms with E-state index in [1.54, 1.807) is 6.07 Å². The summed E-state index contributed by atoms with van der Waals surface area (Å²) in [6.45, 7) is 3.19. The van der Waals surface area contributed by atoms with Gasteiger partial charge in [0.1, 0.15) is 17.9 Å². The number of carbonyl (C=O) groups is 2. The van der Waals surface area contributed by atoms with Crippen LogP contribution >= 0.6 is 0 Å². The van der Waals surface area contributed by atoms with Crippen LogP contribution in [0.4, 0.5) is 10.6 Å². The molecule has 0 saturated carbocycles. The molecule has 1 aliphatic heterocycles. The number of para-hydroxylation sites is 1. The van der Waals surface area contributed by atoms with Crippen LogP contribution in [-0.2, 0) is 4.79 Å². The molecule has 0 aliphatic carbocycles. The summed E-state index contributed by atoms with van der Waals surface area (Å²) in [5, 5.41) is 11.8. The first-order valence-electron chi connectivity index (χ1n) is 8.91. The first kappa shape index (κ1) is 18.6. The molecule has 1 saturated heterocycles. The first-order chi connectivity index (χ1) is 13.1. The van der Waals surface area contributed by atoms with Crippen molar-refractivity contribution >= 4 is 17.8 Å². The lowest BCUT2D eigenvalue weighted by Crippen LogP contribution is -2.40. The molecule has 1 aromatic heterocycles. The zero-order chi connectivity index (χ0) is 19.2. The molecular weight excluding hydrogens is 348 g/mol. The summed E-state index contributed by atoms with van der Waals surface area (Å²) in [5.74, 6) is 0.756. The highest BCUT2D eigenvalue weighted by Crippen LogP contribution is 2.29. The van der Waals surface area contributed by atoms with Crippen LogP contribution in [0, 0.1) is 5.92 Å². The minimum atomic E-state index is -0.942. The van der Waals surface area contributed by atoms with Gasteiger partial charge in [-0.15, -0.1) is 0 Å². The van der Waals surface area contributed by atoms with E-state index in [-0.39, 0.29) is 11.8 Å². The standard InChI is InChI=1S/C19H22N4O4/c1-2-27-16-6-4-3-5-14(16)15-11-17(21-12-20-15)22-18(24)13-7-9-23(10-8-13)19(25)26/h3-6,11-13H,2,7-10H2,1H3,(H,25,26)(H,20,21,22,24). The van der Waals surface area contributed by atoms with Crippen LogP contribution in [0.15, 0.2) is 36.7 Å². The van der Waals surface area contributed by atoms with E-state index in [4.69, 9.17) is 9.84 Å². The quantitative estimate of drug-likeness (QED) is 0.838.